The quantitative estimate of drug-likeness (QED) is 0.349. The summed E-state index contributed by atoms with van der Waals surface area (Å²) >= 11 is 0. The second kappa shape index (κ2) is 10.6. The summed E-state index contributed by atoms with van der Waals surface area (Å²) in [6.07, 6.45) is 8.75. The fourth-order valence-corrected chi connectivity index (χ4v) is 5.24. The first-order valence-electron chi connectivity index (χ1n) is 11.3. The first-order valence-corrected chi connectivity index (χ1v) is 12.8. The molecule has 0 unspecified atom stereocenters. The maximum absolute atomic E-state index is 13.6. The van der Waals surface area contributed by atoms with Gasteiger partial charge < -0.3 is 10.6 Å². The molecule has 2 aromatic carbocycles. The Morgan fingerprint density at radius 3 is 2.47 bits per heavy atom. The van der Waals surface area contributed by atoms with Gasteiger partial charge in [0, 0.05) is 38.7 Å². The summed E-state index contributed by atoms with van der Waals surface area (Å²) in [5, 5.41) is 5.47. The van der Waals surface area contributed by atoms with Crippen molar-refractivity contribution < 1.29 is 13.2 Å². The fourth-order valence-electron chi connectivity index (χ4n) is 3.83. The van der Waals surface area contributed by atoms with E-state index in [0.717, 1.165) is 14.4 Å². The first-order chi connectivity index (χ1) is 18.1. The topological polar surface area (TPSA) is 135 Å². The lowest BCUT2D eigenvalue weighted by atomic mass is 10.2. The van der Waals surface area contributed by atoms with Crippen molar-refractivity contribution in [1.82, 2.24) is 19.4 Å². The monoisotopic (exact) mass is 532 g/mol. The number of nitrogens with zero attached hydrogens (tertiary/aromatic N) is 4. The number of nitrogens with one attached hydrogen (secondary N) is 2. The van der Waals surface area contributed by atoms with Crippen molar-refractivity contribution in [3.05, 3.63) is 93.4 Å². The molecule has 4 rings (SSSR count). The van der Waals surface area contributed by atoms with E-state index < -0.39 is 27.3 Å². The van der Waals surface area contributed by atoms with Crippen molar-refractivity contribution in [3.8, 4) is 12.3 Å². The molecule has 0 spiro atoms. The average molecular weight is 533 g/mol. The van der Waals surface area contributed by atoms with Crippen LogP contribution in [0.2, 0.25) is 0 Å². The van der Waals surface area contributed by atoms with Crippen LogP contribution in [0.3, 0.4) is 0 Å². The molecule has 2 aromatic heterocycles. The normalized spacial score (nSPS) is 11.1. The van der Waals surface area contributed by atoms with Crippen molar-refractivity contribution in [3.63, 3.8) is 0 Å². The number of urea groups is 1. The third kappa shape index (κ3) is 5.14. The van der Waals surface area contributed by atoms with Crippen LogP contribution in [0, 0.1) is 12.3 Å². The number of terminal acetylenes is 1. The summed E-state index contributed by atoms with van der Waals surface area (Å²) in [6, 6.07) is 13.2. The number of hydrogen-bond donors (Lipinski definition) is 2. The molecule has 0 radical (unpaired) electrons. The predicted octanol–water partition coefficient (Wildman–Crippen LogP) is 1.78. The zero-order valence-electron chi connectivity index (χ0n) is 20.6. The van der Waals surface area contributed by atoms with Crippen LogP contribution in [0.5, 0.6) is 0 Å². The molecule has 194 valence electrons. The Morgan fingerprint density at radius 2 is 1.82 bits per heavy atom. The third-order valence-electron chi connectivity index (χ3n) is 5.85. The van der Waals surface area contributed by atoms with E-state index in [1.54, 1.807) is 30.6 Å². The van der Waals surface area contributed by atoms with Crippen molar-refractivity contribution in [2.24, 2.45) is 14.1 Å². The largest absolute Gasteiger partial charge is 0.334 e. The van der Waals surface area contributed by atoms with Gasteiger partial charge in [0.25, 0.3) is 15.6 Å². The molecule has 4 aromatic rings. The summed E-state index contributed by atoms with van der Waals surface area (Å²) in [7, 11) is -1.36. The van der Waals surface area contributed by atoms with Crippen LogP contribution in [-0.4, -0.2) is 35.1 Å². The molecule has 0 aliphatic carbocycles. The lowest BCUT2D eigenvalue weighted by Crippen LogP contribution is -2.37. The minimum absolute atomic E-state index is 0.0770. The minimum atomic E-state index is -4.19. The van der Waals surface area contributed by atoms with Gasteiger partial charge in [0.15, 0.2) is 0 Å². The number of sulfonamides is 1. The highest BCUT2D eigenvalue weighted by Gasteiger charge is 2.25. The minimum Gasteiger partial charge on any atom is -0.334 e. The van der Waals surface area contributed by atoms with Gasteiger partial charge in [-0.05, 0) is 54.1 Å². The Labute approximate surface area is 218 Å². The first kappa shape index (κ1) is 26.2. The van der Waals surface area contributed by atoms with Gasteiger partial charge in [-0.3, -0.25) is 23.2 Å². The highest BCUT2D eigenvalue weighted by Crippen LogP contribution is 2.26. The van der Waals surface area contributed by atoms with E-state index in [1.807, 2.05) is 6.07 Å². The summed E-state index contributed by atoms with van der Waals surface area (Å²) in [6.45, 7) is 0.0129. The molecule has 2 heterocycles. The van der Waals surface area contributed by atoms with Gasteiger partial charge in [-0.2, -0.15) is 0 Å². The number of benzene rings is 2. The SMILES string of the molecule is C#CCN(c1ccc(NC(=O)NCc2cccnc2)cc1)S(=O)(=O)c1ccc2c(c1)c(=O)n(C)c(=O)n2C. The molecular formula is C26H24N6O5S. The number of carbonyl (C=O) groups is 1. The molecule has 0 aliphatic heterocycles. The molecule has 11 nitrogen and oxygen atoms in total. The second-order valence-corrected chi connectivity index (χ2v) is 10.2. The van der Waals surface area contributed by atoms with E-state index in [-0.39, 0.29) is 29.1 Å². The number of hydrogen-bond acceptors (Lipinski definition) is 6. The molecule has 38 heavy (non-hydrogen) atoms. The number of anilines is 2. The maximum atomic E-state index is 13.6. The number of pyridine rings is 1. The van der Waals surface area contributed by atoms with E-state index in [1.165, 1.54) is 49.0 Å². The molecule has 0 aliphatic rings. The fraction of sp³-hybridized carbons (Fsp3) is 0.154. The summed E-state index contributed by atoms with van der Waals surface area (Å²) < 4.78 is 30.3. The number of rotatable bonds is 7. The molecule has 0 fully saturated rings. The summed E-state index contributed by atoms with van der Waals surface area (Å²) in [5.74, 6) is 2.35. The van der Waals surface area contributed by atoms with Crippen molar-refractivity contribution in [2.45, 2.75) is 11.4 Å². The van der Waals surface area contributed by atoms with Crippen LogP contribution < -0.4 is 26.2 Å². The molecule has 2 amide bonds. The Bertz CT molecular complexity index is 1770. The van der Waals surface area contributed by atoms with Crippen molar-refractivity contribution in [2.75, 3.05) is 16.2 Å². The van der Waals surface area contributed by atoms with Crippen LogP contribution in [0.4, 0.5) is 16.2 Å². The predicted molar refractivity (Wildman–Crippen MR) is 144 cm³/mol. The van der Waals surface area contributed by atoms with Gasteiger partial charge in [-0.15, -0.1) is 6.42 Å². The number of aryl methyl sites for hydroxylation is 1. The van der Waals surface area contributed by atoms with E-state index in [9.17, 15) is 22.8 Å². The van der Waals surface area contributed by atoms with Gasteiger partial charge in [0.05, 0.1) is 28.0 Å². The molecule has 12 heteroatoms. The van der Waals surface area contributed by atoms with Crippen LogP contribution in [0.1, 0.15) is 5.56 Å². The molecule has 0 atom stereocenters. The standard InChI is InChI=1S/C26H24N6O5S/c1-4-14-32(20-9-7-19(8-10-20)29-25(34)28-17-18-6-5-13-27-16-18)38(36,37)21-11-12-23-22(15-21)24(33)31(3)26(35)30(23)2/h1,5-13,15-16H,14,17H2,2-3H3,(H2,28,29,34). The molecule has 2 N–H and O–H groups in total. The molecule has 0 saturated heterocycles. The van der Waals surface area contributed by atoms with E-state index in [4.69, 9.17) is 6.42 Å². The van der Waals surface area contributed by atoms with Gasteiger partial charge >= 0.3 is 11.7 Å². The lowest BCUT2D eigenvalue weighted by molar-refractivity contribution is 0.251. The van der Waals surface area contributed by atoms with Gasteiger partial charge in [-0.25, -0.2) is 18.0 Å². The summed E-state index contributed by atoms with van der Waals surface area (Å²) in [4.78, 5) is 40.9. The van der Waals surface area contributed by atoms with Gasteiger partial charge in [0.1, 0.15) is 0 Å². The Morgan fingerprint density at radius 1 is 1.08 bits per heavy atom. The van der Waals surface area contributed by atoms with E-state index in [0.29, 0.717) is 11.2 Å². The number of amides is 2. The summed E-state index contributed by atoms with van der Waals surface area (Å²) in [5.41, 5.74) is 0.704. The Hall–Kier alpha value is -4.89. The zero-order valence-corrected chi connectivity index (χ0v) is 21.4. The highest BCUT2D eigenvalue weighted by molar-refractivity contribution is 7.92. The number of fused-ring (bicyclic) bond motifs is 1. The third-order valence-corrected chi connectivity index (χ3v) is 7.62. The van der Waals surface area contributed by atoms with Crippen LogP contribution >= 0.6 is 0 Å². The lowest BCUT2D eigenvalue weighted by Gasteiger charge is -2.23. The van der Waals surface area contributed by atoms with Crippen LogP contribution in [-0.2, 0) is 30.7 Å². The van der Waals surface area contributed by atoms with E-state index >= 15 is 0 Å². The highest BCUT2D eigenvalue weighted by atomic mass is 32.2. The van der Waals surface area contributed by atoms with Gasteiger partial charge in [-0.1, -0.05) is 12.0 Å². The molecular weight excluding hydrogens is 508 g/mol. The van der Waals surface area contributed by atoms with Crippen molar-refractivity contribution in [1.29, 1.82) is 0 Å². The smallest absolute Gasteiger partial charge is 0.330 e. The Kier molecular flexibility index (Phi) is 7.31. The van der Waals surface area contributed by atoms with Crippen LogP contribution in [0.25, 0.3) is 10.9 Å². The maximum Gasteiger partial charge on any atom is 0.330 e. The van der Waals surface area contributed by atoms with Crippen LogP contribution in [0.15, 0.2) is 81.5 Å². The Balaban J connectivity index is 1.59. The van der Waals surface area contributed by atoms with Crippen molar-refractivity contribution >= 4 is 38.3 Å². The number of aromatic nitrogens is 3. The molecule has 0 bridgehead atoms. The van der Waals surface area contributed by atoms with E-state index in [2.05, 4.69) is 21.5 Å². The second-order valence-electron chi connectivity index (χ2n) is 8.32. The molecule has 0 saturated carbocycles. The average Bonchev–Trinajstić information content (AvgIpc) is 2.93. The number of carbonyl (C=O) groups excluding carboxylic acids is 1. The zero-order chi connectivity index (χ0) is 27.4. The van der Waals surface area contributed by atoms with Gasteiger partial charge in [0.2, 0.25) is 0 Å².